The number of hydrogen-bond donors (Lipinski definition) is 1. The van der Waals surface area contributed by atoms with E-state index in [0.717, 1.165) is 5.56 Å². The zero-order valence-electron chi connectivity index (χ0n) is 10.1. The highest BCUT2D eigenvalue weighted by Gasteiger charge is 2.12. The van der Waals surface area contributed by atoms with Gasteiger partial charge in [-0.15, -0.1) is 0 Å². The Hall–Kier alpha value is -0.730. The molecule has 1 aliphatic rings. The van der Waals surface area contributed by atoms with E-state index in [9.17, 15) is 0 Å². The number of halogens is 1. The maximum atomic E-state index is 5.95. The number of ether oxygens (including phenoxy) is 1. The molecule has 2 nitrogen and oxygen atoms in total. The van der Waals surface area contributed by atoms with E-state index in [4.69, 9.17) is 22.1 Å². The van der Waals surface area contributed by atoms with Crippen LogP contribution in [0.5, 0.6) is 0 Å². The van der Waals surface area contributed by atoms with E-state index in [1.165, 1.54) is 38.5 Å². The first-order valence-corrected chi connectivity index (χ1v) is 6.79. The van der Waals surface area contributed by atoms with Gasteiger partial charge >= 0.3 is 0 Å². The quantitative estimate of drug-likeness (QED) is 0.648. The van der Waals surface area contributed by atoms with Gasteiger partial charge in [-0.2, -0.15) is 0 Å². The van der Waals surface area contributed by atoms with Crippen LogP contribution in [0.1, 0.15) is 44.1 Å². The second-order valence-electron chi connectivity index (χ2n) is 4.78. The van der Waals surface area contributed by atoms with Gasteiger partial charge in [-0.1, -0.05) is 43.4 Å². The van der Waals surface area contributed by atoms with Crippen molar-refractivity contribution < 1.29 is 4.74 Å². The largest absolute Gasteiger partial charge is 0.398 e. The van der Waals surface area contributed by atoms with Gasteiger partial charge in [0, 0.05) is 0 Å². The number of benzene rings is 1. The molecule has 0 atom stereocenters. The number of nitrogen functional groups attached to an aromatic ring is 1. The van der Waals surface area contributed by atoms with Crippen LogP contribution in [0, 0.1) is 0 Å². The summed E-state index contributed by atoms with van der Waals surface area (Å²) in [5.74, 6) is 0. The Bertz CT molecular complexity index is 359. The summed E-state index contributed by atoms with van der Waals surface area (Å²) in [4.78, 5) is 0. The third kappa shape index (κ3) is 3.90. The lowest BCUT2D eigenvalue weighted by Crippen LogP contribution is -2.11. The molecule has 3 heteroatoms. The molecule has 0 spiro atoms. The predicted molar refractivity (Wildman–Crippen MR) is 72.1 cm³/mol. The van der Waals surface area contributed by atoms with E-state index in [0.29, 0.717) is 23.4 Å². The molecule has 1 aliphatic carbocycles. The molecule has 0 aromatic heterocycles. The van der Waals surface area contributed by atoms with Gasteiger partial charge in [-0.25, -0.2) is 0 Å². The zero-order chi connectivity index (χ0) is 12.1. The summed E-state index contributed by atoms with van der Waals surface area (Å²) in [5.41, 5.74) is 7.51. The van der Waals surface area contributed by atoms with Gasteiger partial charge in [0.05, 0.1) is 23.4 Å². The third-order valence-electron chi connectivity index (χ3n) is 3.35. The molecular formula is C14H20ClNO. The first-order valence-electron chi connectivity index (χ1n) is 6.41. The molecule has 94 valence electrons. The Morgan fingerprint density at radius 1 is 1.18 bits per heavy atom. The Morgan fingerprint density at radius 3 is 2.53 bits per heavy atom. The van der Waals surface area contributed by atoms with E-state index in [2.05, 4.69) is 0 Å². The van der Waals surface area contributed by atoms with Crippen LogP contribution in [0.4, 0.5) is 5.69 Å². The van der Waals surface area contributed by atoms with E-state index < -0.39 is 0 Å². The second-order valence-corrected chi connectivity index (χ2v) is 5.19. The summed E-state index contributed by atoms with van der Waals surface area (Å²) in [5, 5.41) is 0.614. The summed E-state index contributed by atoms with van der Waals surface area (Å²) in [6.45, 7) is 0.645. The molecule has 1 fully saturated rings. The van der Waals surface area contributed by atoms with Gasteiger partial charge in [0.1, 0.15) is 0 Å². The van der Waals surface area contributed by atoms with Crippen LogP contribution in [0.15, 0.2) is 18.2 Å². The van der Waals surface area contributed by atoms with Crippen LogP contribution in [-0.4, -0.2) is 6.10 Å². The molecule has 1 aromatic carbocycles. The van der Waals surface area contributed by atoms with E-state index in [1.54, 1.807) is 0 Å². The standard InChI is InChI=1S/C14H20ClNO/c15-13-8-7-11(9-14(13)16)10-17-12-5-3-1-2-4-6-12/h7-9,12H,1-6,10,16H2. The Morgan fingerprint density at radius 2 is 1.88 bits per heavy atom. The minimum absolute atomic E-state index is 0.425. The SMILES string of the molecule is Nc1cc(COC2CCCCCC2)ccc1Cl. The molecule has 17 heavy (non-hydrogen) atoms. The van der Waals surface area contributed by atoms with Crippen molar-refractivity contribution >= 4 is 17.3 Å². The van der Waals surface area contributed by atoms with E-state index >= 15 is 0 Å². The Labute approximate surface area is 108 Å². The minimum Gasteiger partial charge on any atom is -0.398 e. The molecule has 0 bridgehead atoms. The minimum atomic E-state index is 0.425. The lowest BCUT2D eigenvalue weighted by Gasteiger charge is -2.15. The first kappa shape index (κ1) is 12.7. The normalized spacial score (nSPS) is 17.9. The molecule has 0 unspecified atom stereocenters. The molecule has 0 amide bonds. The highest BCUT2D eigenvalue weighted by Crippen LogP contribution is 2.23. The van der Waals surface area contributed by atoms with Gasteiger partial charge in [-0.3, -0.25) is 0 Å². The van der Waals surface area contributed by atoms with Gasteiger partial charge < -0.3 is 10.5 Å². The first-order chi connectivity index (χ1) is 8.25. The van der Waals surface area contributed by atoms with Crippen molar-refractivity contribution in [3.05, 3.63) is 28.8 Å². The number of rotatable bonds is 3. The van der Waals surface area contributed by atoms with E-state index in [-0.39, 0.29) is 0 Å². The molecule has 0 heterocycles. The fraction of sp³-hybridized carbons (Fsp3) is 0.571. The average molecular weight is 254 g/mol. The van der Waals surface area contributed by atoms with Crippen molar-refractivity contribution in [1.82, 2.24) is 0 Å². The smallest absolute Gasteiger partial charge is 0.0721 e. The molecular weight excluding hydrogens is 234 g/mol. The topological polar surface area (TPSA) is 35.2 Å². The maximum absolute atomic E-state index is 5.95. The molecule has 1 saturated carbocycles. The van der Waals surface area contributed by atoms with E-state index in [1.807, 2.05) is 18.2 Å². The highest BCUT2D eigenvalue weighted by molar-refractivity contribution is 6.33. The monoisotopic (exact) mass is 253 g/mol. The summed E-state index contributed by atoms with van der Waals surface area (Å²) in [6.07, 6.45) is 8.13. The summed E-state index contributed by atoms with van der Waals surface area (Å²) < 4.78 is 5.95. The van der Waals surface area contributed by atoms with Crippen LogP contribution in [-0.2, 0) is 11.3 Å². The second kappa shape index (κ2) is 6.27. The maximum Gasteiger partial charge on any atom is 0.0721 e. The van der Waals surface area contributed by atoms with Crippen LogP contribution in [0.2, 0.25) is 5.02 Å². The van der Waals surface area contributed by atoms with Gasteiger partial charge in [0.25, 0.3) is 0 Å². The van der Waals surface area contributed by atoms with Crippen LogP contribution in [0.3, 0.4) is 0 Å². The molecule has 0 radical (unpaired) electrons. The van der Waals surface area contributed by atoms with Crippen molar-refractivity contribution in [3.8, 4) is 0 Å². The van der Waals surface area contributed by atoms with Gasteiger partial charge in [0.15, 0.2) is 0 Å². The zero-order valence-corrected chi connectivity index (χ0v) is 10.9. The predicted octanol–water partition coefficient (Wildman–Crippen LogP) is 4.16. The molecule has 1 aromatic rings. The van der Waals surface area contributed by atoms with Crippen LogP contribution in [0.25, 0.3) is 0 Å². The Kier molecular flexibility index (Phi) is 4.69. The number of anilines is 1. The third-order valence-corrected chi connectivity index (χ3v) is 3.69. The number of nitrogens with two attached hydrogens (primary N) is 1. The Balaban J connectivity index is 1.85. The van der Waals surface area contributed by atoms with Crippen molar-refractivity contribution in [2.75, 3.05) is 5.73 Å². The summed E-state index contributed by atoms with van der Waals surface area (Å²) in [6, 6.07) is 5.72. The van der Waals surface area contributed by atoms with Crippen LogP contribution >= 0.6 is 11.6 Å². The lowest BCUT2D eigenvalue weighted by atomic mass is 10.1. The van der Waals surface area contributed by atoms with Gasteiger partial charge in [-0.05, 0) is 30.5 Å². The number of hydrogen-bond acceptors (Lipinski definition) is 2. The fourth-order valence-corrected chi connectivity index (χ4v) is 2.42. The summed E-state index contributed by atoms with van der Waals surface area (Å²) in [7, 11) is 0. The molecule has 2 N–H and O–H groups in total. The van der Waals surface area contributed by atoms with Gasteiger partial charge in [0.2, 0.25) is 0 Å². The molecule has 0 saturated heterocycles. The van der Waals surface area contributed by atoms with Crippen LogP contribution < -0.4 is 5.73 Å². The van der Waals surface area contributed by atoms with Crippen molar-refractivity contribution in [2.45, 2.75) is 51.2 Å². The van der Waals surface area contributed by atoms with Crippen molar-refractivity contribution in [3.63, 3.8) is 0 Å². The highest BCUT2D eigenvalue weighted by atomic mass is 35.5. The summed E-state index contributed by atoms with van der Waals surface area (Å²) >= 11 is 5.89. The van der Waals surface area contributed by atoms with Crippen molar-refractivity contribution in [2.24, 2.45) is 0 Å². The lowest BCUT2D eigenvalue weighted by molar-refractivity contribution is 0.0310. The van der Waals surface area contributed by atoms with Crippen molar-refractivity contribution in [1.29, 1.82) is 0 Å². The molecule has 0 aliphatic heterocycles. The molecule has 2 rings (SSSR count). The average Bonchev–Trinajstić information content (AvgIpc) is 2.59. The fourth-order valence-electron chi connectivity index (χ4n) is 2.31.